The third-order valence-electron chi connectivity index (χ3n) is 3.04. The molecule has 0 N–H and O–H groups in total. The van der Waals surface area contributed by atoms with Crippen LogP contribution >= 0.6 is 0 Å². The molecular weight excluding hydrogens is 256 g/mol. The summed E-state index contributed by atoms with van der Waals surface area (Å²) in [6, 6.07) is 16.7. The SMILES string of the molecule is C=C(C)c1ccc(-c2ccc(OCCC)cc2)cc1.CC. The maximum Gasteiger partial charge on any atom is 0.119 e. The van der Waals surface area contributed by atoms with E-state index < -0.39 is 0 Å². The molecule has 0 aliphatic carbocycles. The van der Waals surface area contributed by atoms with Crippen LogP contribution in [0.2, 0.25) is 0 Å². The highest BCUT2D eigenvalue weighted by Gasteiger charge is 1.99. The lowest BCUT2D eigenvalue weighted by atomic mass is 10.0. The van der Waals surface area contributed by atoms with E-state index in [1.807, 2.05) is 32.9 Å². The summed E-state index contributed by atoms with van der Waals surface area (Å²) in [5, 5.41) is 0. The molecule has 0 fully saturated rings. The maximum atomic E-state index is 5.58. The summed E-state index contributed by atoms with van der Waals surface area (Å²) < 4.78 is 5.58. The summed E-state index contributed by atoms with van der Waals surface area (Å²) in [5.41, 5.74) is 4.70. The van der Waals surface area contributed by atoms with Crippen LogP contribution in [0, 0.1) is 0 Å². The predicted molar refractivity (Wildman–Crippen MR) is 93.7 cm³/mol. The van der Waals surface area contributed by atoms with Gasteiger partial charge in [-0.15, -0.1) is 0 Å². The van der Waals surface area contributed by atoms with E-state index in [1.54, 1.807) is 0 Å². The first-order chi connectivity index (χ1) is 10.2. The van der Waals surface area contributed by atoms with Gasteiger partial charge in [0, 0.05) is 0 Å². The molecule has 0 aliphatic heterocycles. The first-order valence-corrected chi connectivity index (χ1v) is 7.70. The number of hydrogen-bond donors (Lipinski definition) is 0. The van der Waals surface area contributed by atoms with Crippen molar-refractivity contribution in [2.75, 3.05) is 6.61 Å². The third kappa shape index (κ3) is 5.11. The largest absolute Gasteiger partial charge is 0.494 e. The summed E-state index contributed by atoms with van der Waals surface area (Å²) in [4.78, 5) is 0. The van der Waals surface area contributed by atoms with Crippen molar-refractivity contribution in [1.29, 1.82) is 0 Å². The Bertz CT molecular complexity index is 535. The standard InChI is InChI=1S/C18H20O.C2H6/c1-4-13-19-18-11-9-17(10-12-18)16-7-5-15(6-8-16)14(2)3;1-2/h5-12H,2,4,13H2,1,3H3;1-2H3. The molecule has 0 bridgehead atoms. The molecule has 0 heterocycles. The smallest absolute Gasteiger partial charge is 0.119 e. The molecule has 0 saturated heterocycles. The van der Waals surface area contributed by atoms with Crippen molar-refractivity contribution in [3.05, 3.63) is 60.7 Å². The lowest BCUT2D eigenvalue weighted by Crippen LogP contribution is -1.94. The minimum atomic E-state index is 0.770. The molecule has 2 aromatic carbocycles. The number of ether oxygens (including phenoxy) is 1. The van der Waals surface area contributed by atoms with E-state index in [4.69, 9.17) is 4.74 Å². The van der Waals surface area contributed by atoms with Gasteiger partial charge in [-0.1, -0.05) is 69.3 Å². The average molecular weight is 282 g/mol. The molecule has 0 radical (unpaired) electrons. The van der Waals surface area contributed by atoms with Crippen molar-refractivity contribution in [2.24, 2.45) is 0 Å². The summed E-state index contributed by atoms with van der Waals surface area (Å²) >= 11 is 0. The van der Waals surface area contributed by atoms with Crippen LogP contribution in [-0.2, 0) is 0 Å². The van der Waals surface area contributed by atoms with Crippen LogP contribution in [0.4, 0.5) is 0 Å². The Morgan fingerprint density at radius 2 is 1.38 bits per heavy atom. The third-order valence-corrected chi connectivity index (χ3v) is 3.04. The van der Waals surface area contributed by atoms with Gasteiger partial charge in [-0.3, -0.25) is 0 Å². The first kappa shape index (κ1) is 17.0. The van der Waals surface area contributed by atoms with Gasteiger partial charge in [0.2, 0.25) is 0 Å². The van der Waals surface area contributed by atoms with E-state index in [9.17, 15) is 0 Å². The summed E-state index contributed by atoms with van der Waals surface area (Å²) in [7, 11) is 0. The van der Waals surface area contributed by atoms with Crippen LogP contribution in [0.15, 0.2) is 55.1 Å². The molecule has 0 atom stereocenters. The monoisotopic (exact) mass is 282 g/mol. The van der Waals surface area contributed by atoms with Crippen LogP contribution in [0.3, 0.4) is 0 Å². The Kier molecular flexibility index (Phi) is 7.31. The molecule has 0 aliphatic rings. The van der Waals surface area contributed by atoms with Crippen molar-refractivity contribution in [1.82, 2.24) is 0 Å². The summed E-state index contributed by atoms with van der Waals surface area (Å²) in [6.07, 6.45) is 1.03. The molecule has 1 heteroatoms. The molecule has 2 aromatic rings. The number of hydrogen-bond acceptors (Lipinski definition) is 1. The molecule has 0 saturated carbocycles. The summed E-state index contributed by atoms with van der Waals surface area (Å²) in [5.74, 6) is 0.934. The van der Waals surface area contributed by atoms with E-state index >= 15 is 0 Å². The lowest BCUT2D eigenvalue weighted by molar-refractivity contribution is 0.317. The van der Waals surface area contributed by atoms with Crippen LogP contribution in [0.25, 0.3) is 16.7 Å². The van der Waals surface area contributed by atoms with Gasteiger partial charge in [0.1, 0.15) is 5.75 Å². The zero-order valence-electron chi connectivity index (χ0n) is 13.6. The highest BCUT2D eigenvalue weighted by Crippen LogP contribution is 2.24. The second-order valence-electron chi connectivity index (χ2n) is 4.73. The number of allylic oxidation sites excluding steroid dienone is 1. The van der Waals surface area contributed by atoms with Gasteiger partial charge in [-0.05, 0) is 42.2 Å². The van der Waals surface area contributed by atoms with Crippen molar-refractivity contribution in [3.63, 3.8) is 0 Å². The zero-order chi connectivity index (χ0) is 15.7. The topological polar surface area (TPSA) is 9.23 Å². The van der Waals surface area contributed by atoms with Crippen molar-refractivity contribution in [3.8, 4) is 16.9 Å². The van der Waals surface area contributed by atoms with Gasteiger partial charge < -0.3 is 4.74 Å². The van der Waals surface area contributed by atoms with E-state index in [2.05, 4.69) is 49.9 Å². The fourth-order valence-corrected chi connectivity index (χ4v) is 1.91. The van der Waals surface area contributed by atoms with E-state index in [0.717, 1.165) is 24.4 Å². The van der Waals surface area contributed by atoms with Crippen LogP contribution in [-0.4, -0.2) is 6.61 Å². The van der Waals surface area contributed by atoms with Gasteiger partial charge in [-0.2, -0.15) is 0 Å². The van der Waals surface area contributed by atoms with Crippen LogP contribution in [0.1, 0.15) is 39.7 Å². The highest BCUT2D eigenvalue weighted by molar-refractivity contribution is 5.68. The number of rotatable bonds is 5. The van der Waals surface area contributed by atoms with Crippen molar-refractivity contribution < 1.29 is 4.74 Å². The number of benzene rings is 2. The Morgan fingerprint density at radius 1 is 0.905 bits per heavy atom. The van der Waals surface area contributed by atoms with Gasteiger partial charge >= 0.3 is 0 Å². The molecular formula is C20H26O. The second-order valence-corrected chi connectivity index (χ2v) is 4.73. The van der Waals surface area contributed by atoms with Gasteiger partial charge in [0.25, 0.3) is 0 Å². The van der Waals surface area contributed by atoms with Gasteiger partial charge in [-0.25, -0.2) is 0 Å². The molecule has 1 nitrogen and oxygen atoms in total. The molecule has 2 rings (SSSR count). The highest BCUT2D eigenvalue weighted by atomic mass is 16.5. The molecule has 0 spiro atoms. The van der Waals surface area contributed by atoms with E-state index in [1.165, 1.54) is 16.7 Å². The fraction of sp³-hybridized carbons (Fsp3) is 0.300. The minimum Gasteiger partial charge on any atom is -0.494 e. The maximum absolute atomic E-state index is 5.58. The molecule has 21 heavy (non-hydrogen) atoms. The van der Waals surface area contributed by atoms with E-state index in [0.29, 0.717) is 0 Å². The minimum absolute atomic E-state index is 0.770. The predicted octanol–water partition coefficient (Wildman–Crippen LogP) is 6.20. The van der Waals surface area contributed by atoms with E-state index in [-0.39, 0.29) is 0 Å². The molecule has 0 unspecified atom stereocenters. The zero-order valence-corrected chi connectivity index (χ0v) is 13.6. The Hall–Kier alpha value is -2.02. The van der Waals surface area contributed by atoms with Crippen molar-refractivity contribution in [2.45, 2.75) is 34.1 Å². The van der Waals surface area contributed by atoms with Crippen LogP contribution < -0.4 is 4.74 Å². The van der Waals surface area contributed by atoms with Gasteiger partial charge in [0.05, 0.1) is 6.61 Å². The normalized spacial score (nSPS) is 9.52. The van der Waals surface area contributed by atoms with Crippen molar-refractivity contribution >= 4 is 5.57 Å². The lowest BCUT2D eigenvalue weighted by Gasteiger charge is -2.07. The Morgan fingerprint density at radius 3 is 1.81 bits per heavy atom. The quantitative estimate of drug-likeness (QED) is 0.634. The van der Waals surface area contributed by atoms with Crippen LogP contribution in [0.5, 0.6) is 5.75 Å². The molecule has 0 aromatic heterocycles. The summed E-state index contributed by atoms with van der Waals surface area (Å²) in [6.45, 7) is 12.9. The second kappa shape index (κ2) is 9.02. The fourth-order valence-electron chi connectivity index (χ4n) is 1.91. The first-order valence-electron chi connectivity index (χ1n) is 7.70. The molecule has 0 amide bonds. The Labute approximate surface area is 129 Å². The molecule has 112 valence electrons. The Balaban J connectivity index is 0.00000106. The van der Waals surface area contributed by atoms with Gasteiger partial charge in [0.15, 0.2) is 0 Å². The average Bonchev–Trinajstić information content (AvgIpc) is 2.55.